The van der Waals surface area contributed by atoms with Crippen molar-refractivity contribution in [1.82, 2.24) is 0 Å². The molecule has 0 radical (unpaired) electrons. The van der Waals surface area contributed by atoms with Gasteiger partial charge in [-0.1, -0.05) is 0 Å². The summed E-state index contributed by atoms with van der Waals surface area (Å²) in [6, 6.07) is 0. The summed E-state index contributed by atoms with van der Waals surface area (Å²) in [4.78, 5) is 25.4. The normalized spacial score (nSPS) is 14.1. The van der Waals surface area contributed by atoms with Crippen molar-refractivity contribution in [2.24, 2.45) is 0 Å². The van der Waals surface area contributed by atoms with Crippen LogP contribution >= 0.6 is 7.82 Å². The second-order valence-electron chi connectivity index (χ2n) is 10.0. The smallest absolute Gasteiger partial charge is 0.465 e. The van der Waals surface area contributed by atoms with E-state index in [-0.39, 0.29) is 72.0 Å². The zero-order valence-corrected chi connectivity index (χ0v) is 30.7. The first-order chi connectivity index (χ1) is 21.6. The summed E-state index contributed by atoms with van der Waals surface area (Å²) >= 11 is 0. The molecule has 0 spiro atoms. The van der Waals surface area contributed by atoms with E-state index in [2.05, 4.69) is 0 Å². The Morgan fingerprint density at radius 2 is 1.02 bits per heavy atom. The first kappa shape index (κ1) is 44.6. The molecule has 0 aromatic carbocycles. The van der Waals surface area contributed by atoms with Crippen molar-refractivity contribution < 1.29 is 75.2 Å². The van der Waals surface area contributed by atoms with Crippen LogP contribution in [-0.4, -0.2) is 127 Å². The van der Waals surface area contributed by atoms with Gasteiger partial charge in [0.05, 0.1) is 60.8 Å². The average Bonchev–Trinajstić information content (AvgIpc) is 2.93. The Kier molecular flexibility index (Phi) is 20.9. The lowest BCUT2D eigenvalue weighted by molar-refractivity contribution is -0.870. The minimum atomic E-state index is -5.02. The monoisotopic (exact) mass is 692 g/mol. The van der Waals surface area contributed by atoms with Gasteiger partial charge in [-0.05, 0) is 62.3 Å². The lowest BCUT2D eigenvalue weighted by Crippen LogP contribution is -2.65. The quantitative estimate of drug-likeness (QED) is 0.0313. The van der Waals surface area contributed by atoms with Crippen molar-refractivity contribution in [1.29, 1.82) is 0 Å². The van der Waals surface area contributed by atoms with E-state index in [1.807, 2.05) is 21.1 Å². The second-order valence-corrected chi connectivity index (χ2v) is 11.4. The number of hydrogen-bond donors (Lipinski definition) is 1. The third-order valence-corrected chi connectivity index (χ3v) is 6.44. The van der Waals surface area contributed by atoms with Crippen molar-refractivity contribution in [3.05, 3.63) is 11.5 Å². The molecular formula is C29H59NO15P+. The molecule has 1 N–H and O–H groups in total. The number of nitrogens with zero attached hydrogens (tertiary/aromatic N) is 1. The van der Waals surface area contributed by atoms with E-state index < -0.39 is 37.3 Å². The van der Waals surface area contributed by atoms with E-state index in [1.165, 1.54) is 0 Å². The highest BCUT2D eigenvalue weighted by atomic mass is 31.2. The summed E-state index contributed by atoms with van der Waals surface area (Å²) in [5, 5.41) is 0. The molecule has 46 heavy (non-hydrogen) atoms. The topological polar surface area (TPSA) is 165 Å². The molecule has 1 unspecified atom stereocenters. The predicted molar refractivity (Wildman–Crippen MR) is 166 cm³/mol. The predicted octanol–water partition coefficient (Wildman–Crippen LogP) is 3.87. The maximum absolute atomic E-state index is 14.5. The molecule has 0 rings (SSSR count). The van der Waals surface area contributed by atoms with Crippen molar-refractivity contribution in [3.63, 3.8) is 0 Å². The molecule has 1 atom stereocenters. The Morgan fingerprint density at radius 1 is 0.630 bits per heavy atom. The van der Waals surface area contributed by atoms with Gasteiger partial charge in [-0.25, -0.2) is 13.9 Å². The van der Waals surface area contributed by atoms with Crippen molar-refractivity contribution in [2.75, 3.05) is 93.8 Å². The number of esters is 1. The Bertz CT molecular complexity index is 903. The van der Waals surface area contributed by atoms with Crippen LogP contribution in [0, 0.1) is 0 Å². The number of ether oxygens (including phenoxy) is 10. The van der Waals surface area contributed by atoms with Crippen LogP contribution in [-0.2, 0) is 65.8 Å². The molecule has 0 aliphatic carbocycles. The summed E-state index contributed by atoms with van der Waals surface area (Å²) in [7, 11) is 0.610. The van der Waals surface area contributed by atoms with Gasteiger partial charge in [0.1, 0.15) is 13.2 Å². The fraction of sp³-hybridized carbons (Fsp3) is 0.897. The lowest BCUT2D eigenvalue weighted by Gasteiger charge is -2.45. The number of quaternary nitrogens is 1. The van der Waals surface area contributed by atoms with Crippen LogP contribution in [0.2, 0.25) is 0 Å². The summed E-state index contributed by atoms with van der Waals surface area (Å²) < 4.78 is 83.2. The summed E-state index contributed by atoms with van der Waals surface area (Å²) in [5.74, 6) is -9.40. The number of carbonyl (C=O) groups excluding carboxylic acids is 1. The fourth-order valence-corrected chi connectivity index (χ4v) is 4.79. The van der Waals surface area contributed by atoms with Crippen LogP contribution in [0.15, 0.2) is 11.5 Å². The van der Waals surface area contributed by atoms with E-state index in [4.69, 9.17) is 56.4 Å². The Labute approximate surface area is 274 Å². The van der Waals surface area contributed by atoms with Crippen LogP contribution < -0.4 is 0 Å². The van der Waals surface area contributed by atoms with Gasteiger partial charge in [0.25, 0.3) is 5.95 Å². The van der Waals surface area contributed by atoms with Gasteiger partial charge in [0, 0.05) is 19.8 Å². The highest BCUT2D eigenvalue weighted by Gasteiger charge is 2.67. The average molecular weight is 693 g/mol. The molecule has 0 aromatic heterocycles. The lowest BCUT2D eigenvalue weighted by atomic mass is 10.2. The highest BCUT2D eigenvalue weighted by Crippen LogP contribution is 2.52. The largest absolute Gasteiger partial charge is 0.477 e. The van der Waals surface area contributed by atoms with Crippen LogP contribution in [0.4, 0.5) is 0 Å². The number of hydrogen-bond acceptors (Lipinski definition) is 14. The van der Waals surface area contributed by atoms with Gasteiger partial charge in [-0.3, -0.25) is 4.52 Å². The molecule has 0 aromatic rings. The van der Waals surface area contributed by atoms with E-state index in [1.54, 1.807) is 62.3 Å². The van der Waals surface area contributed by atoms with Crippen molar-refractivity contribution >= 4 is 13.8 Å². The van der Waals surface area contributed by atoms with Gasteiger partial charge in [0.15, 0.2) is 0 Å². The van der Waals surface area contributed by atoms with Crippen LogP contribution in [0.3, 0.4) is 0 Å². The minimum absolute atomic E-state index is 0.0215. The zero-order chi connectivity index (χ0) is 35.5. The first-order valence-electron chi connectivity index (χ1n) is 15.8. The second kappa shape index (κ2) is 21.5. The molecule has 0 amide bonds. The number of phosphoric acid groups is 1. The van der Waals surface area contributed by atoms with Gasteiger partial charge >= 0.3 is 31.7 Å². The summed E-state index contributed by atoms with van der Waals surface area (Å²) in [6.07, 6.45) is 0. The minimum Gasteiger partial charge on any atom is -0.465 e. The van der Waals surface area contributed by atoms with Crippen molar-refractivity contribution in [3.8, 4) is 0 Å². The standard InChI is InChI=1S/C29H58NO15P/c1-13-34-26(35-14-2)24(27(36-15-3,37-16-4)38-17-5)25(31)44-28(39-18-6,40-19-7)29(41-20-8,42-21-9)45-46(32,33)43-23-22-30(10,11)12/h13-23H2,1-12H3/p+1. The fourth-order valence-electron chi connectivity index (χ4n) is 3.90. The van der Waals surface area contributed by atoms with Gasteiger partial charge in [0.2, 0.25) is 5.57 Å². The van der Waals surface area contributed by atoms with E-state index >= 15 is 0 Å². The molecule has 0 saturated carbocycles. The molecule has 0 fully saturated rings. The number of carbonyl (C=O) groups is 1. The van der Waals surface area contributed by atoms with Gasteiger partial charge in [-0.2, -0.15) is 0 Å². The third kappa shape index (κ3) is 13.2. The molecule has 16 nitrogen and oxygen atoms in total. The molecule has 17 heteroatoms. The Balaban J connectivity index is 7.59. The molecular weight excluding hydrogens is 633 g/mol. The molecule has 274 valence electrons. The SMILES string of the molecule is CCOC(OCC)=C(C(=O)OC(OCC)(OCC)C(OCC)(OCC)OP(=O)(O)OCC[N+](C)(C)C)C(OCC)(OCC)OCC. The van der Waals surface area contributed by atoms with E-state index in [0.29, 0.717) is 11.0 Å². The maximum Gasteiger partial charge on any atom is 0.477 e. The Morgan fingerprint density at radius 3 is 1.37 bits per heavy atom. The Hall–Kier alpha value is -1.40. The van der Waals surface area contributed by atoms with Crippen molar-refractivity contribution in [2.45, 2.75) is 80.2 Å². The third-order valence-electron chi connectivity index (χ3n) is 5.46. The maximum atomic E-state index is 14.5. The molecule has 0 aliphatic rings. The van der Waals surface area contributed by atoms with Crippen LogP contribution in [0.25, 0.3) is 0 Å². The first-order valence-corrected chi connectivity index (χ1v) is 17.3. The van der Waals surface area contributed by atoms with Gasteiger partial charge < -0.3 is 56.7 Å². The number of phosphoric ester groups is 1. The zero-order valence-electron chi connectivity index (χ0n) is 29.8. The molecule has 0 aliphatic heterocycles. The molecule has 0 bridgehead atoms. The van der Waals surface area contributed by atoms with Crippen LogP contribution in [0.1, 0.15) is 62.3 Å². The molecule has 0 saturated heterocycles. The summed E-state index contributed by atoms with van der Waals surface area (Å²) in [5.41, 5.74) is -0.487. The highest BCUT2D eigenvalue weighted by molar-refractivity contribution is 7.47. The molecule has 0 heterocycles. The van der Waals surface area contributed by atoms with Gasteiger partial charge in [-0.15, -0.1) is 0 Å². The summed E-state index contributed by atoms with van der Waals surface area (Å²) in [6.45, 7) is 14.2. The van der Waals surface area contributed by atoms with E-state index in [9.17, 15) is 14.3 Å². The number of likely N-dealkylation sites (N-methyl/N-ethyl adjacent to an activating group) is 1. The van der Waals surface area contributed by atoms with E-state index in [0.717, 1.165) is 0 Å². The van der Waals surface area contributed by atoms with Crippen LogP contribution in [0.5, 0.6) is 0 Å². The number of rotatable bonds is 28.